The third kappa shape index (κ3) is 3.75. The fraction of sp³-hybridized carbons (Fsp3) is 0.200. The van der Waals surface area contributed by atoms with Crippen LogP contribution in [0.1, 0.15) is 18.5 Å². The van der Waals surface area contributed by atoms with Crippen LogP contribution < -0.4 is 10.5 Å². The van der Waals surface area contributed by atoms with Crippen molar-refractivity contribution in [2.24, 2.45) is 5.73 Å². The van der Waals surface area contributed by atoms with Gasteiger partial charge in [-0.05, 0) is 58.7 Å². The van der Waals surface area contributed by atoms with Crippen LogP contribution in [0.25, 0.3) is 0 Å². The molecule has 100 valence electrons. The molecule has 0 aliphatic heterocycles. The van der Waals surface area contributed by atoms with Gasteiger partial charge in [-0.3, -0.25) is 0 Å². The zero-order valence-corrected chi connectivity index (χ0v) is 13.3. The van der Waals surface area contributed by atoms with Crippen molar-refractivity contribution in [3.63, 3.8) is 0 Å². The molecule has 4 heteroatoms. The summed E-state index contributed by atoms with van der Waals surface area (Å²) in [4.78, 5) is 2.31. The van der Waals surface area contributed by atoms with E-state index in [1.165, 1.54) is 0 Å². The van der Waals surface area contributed by atoms with Gasteiger partial charge in [0.25, 0.3) is 0 Å². The van der Waals surface area contributed by atoms with Crippen LogP contribution in [0.4, 0.5) is 0 Å². The lowest BCUT2D eigenvalue weighted by atomic mass is 10.1. The molecule has 0 spiro atoms. The molecule has 0 bridgehead atoms. The highest BCUT2D eigenvalue weighted by atomic mass is 79.9. The minimum atomic E-state index is 0.0483. The van der Waals surface area contributed by atoms with Gasteiger partial charge in [-0.25, -0.2) is 0 Å². The summed E-state index contributed by atoms with van der Waals surface area (Å²) in [5, 5.41) is 0. The zero-order chi connectivity index (χ0) is 13.8. The summed E-state index contributed by atoms with van der Waals surface area (Å²) in [6.07, 6.45) is 0. The molecule has 19 heavy (non-hydrogen) atoms. The van der Waals surface area contributed by atoms with Crippen molar-refractivity contribution in [3.8, 4) is 5.75 Å². The van der Waals surface area contributed by atoms with E-state index >= 15 is 0 Å². The van der Waals surface area contributed by atoms with Gasteiger partial charge in [0.2, 0.25) is 0 Å². The Hall–Kier alpha value is -0.970. The molecule has 0 saturated heterocycles. The highest BCUT2D eigenvalue weighted by Gasteiger charge is 2.06. The van der Waals surface area contributed by atoms with E-state index in [-0.39, 0.29) is 6.04 Å². The quantitative estimate of drug-likeness (QED) is 0.883. The topological polar surface area (TPSA) is 35.2 Å². The molecule has 2 aromatic rings. The maximum atomic E-state index is 5.88. The van der Waals surface area contributed by atoms with E-state index in [9.17, 15) is 0 Å². The molecule has 1 unspecified atom stereocenters. The lowest BCUT2D eigenvalue weighted by molar-refractivity contribution is 0.413. The Kier molecular flexibility index (Phi) is 4.91. The second-order valence-corrected chi connectivity index (χ2v) is 6.23. The number of halogens is 1. The maximum Gasteiger partial charge on any atom is 0.119 e. The molecule has 0 aromatic heterocycles. The van der Waals surface area contributed by atoms with Crippen molar-refractivity contribution in [2.75, 3.05) is 7.11 Å². The van der Waals surface area contributed by atoms with E-state index < -0.39 is 0 Å². The first kappa shape index (κ1) is 14.4. The number of rotatable bonds is 4. The first-order valence-corrected chi connectivity index (χ1v) is 7.58. The van der Waals surface area contributed by atoms with Crippen LogP contribution in [0.3, 0.4) is 0 Å². The smallest absolute Gasteiger partial charge is 0.119 e. The van der Waals surface area contributed by atoms with Gasteiger partial charge in [-0.15, -0.1) is 0 Å². The van der Waals surface area contributed by atoms with Gasteiger partial charge in [0.05, 0.1) is 7.11 Å². The average Bonchev–Trinajstić information content (AvgIpc) is 2.41. The molecule has 0 amide bonds. The standard InChI is InChI=1S/C15H16BrNOS/c1-10(17)11-6-7-15(14(16)8-11)19-13-5-3-4-12(9-13)18-2/h3-10H,17H2,1-2H3. The van der Waals surface area contributed by atoms with E-state index in [2.05, 4.69) is 40.2 Å². The van der Waals surface area contributed by atoms with Gasteiger partial charge in [-0.1, -0.05) is 23.9 Å². The molecule has 2 rings (SSSR count). The second kappa shape index (κ2) is 6.46. The van der Waals surface area contributed by atoms with Crippen molar-refractivity contribution < 1.29 is 4.74 Å². The average molecular weight is 338 g/mol. The zero-order valence-electron chi connectivity index (χ0n) is 10.9. The van der Waals surface area contributed by atoms with Gasteiger partial charge in [0.15, 0.2) is 0 Å². The van der Waals surface area contributed by atoms with E-state index in [1.807, 2.05) is 25.1 Å². The fourth-order valence-corrected chi connectivity index (χ4v) is 3.18. The van der Waals surface area contributed by atoms with Crippen molar-refractivity contribution in [1.82, 2.24) is 0 Å². The molecular weight excluding hydrogens is 322 g/mol. The Morgan fingerprint density at radius 2 is 2.00 bits per heavy atom. The number of hydrogen-bond donors (Lipinski definition) is 1. The third-order valence-electron chi connectivity index (χ3n) is 2.75. The van der Waals surface area contributed by atoms with Gasteiger partial charge >= 0.3 is 0 Å². The molecule has 0 aliphatic carbocycles. The van der Waals surface area contributed by atoms with E-state index in [0.717, 1.165) is 25.6 Å². The van der Waals surface area contributed by atoms with Crippen LogP contribution in [0, 0.1) is 0 Å². The van der Waals surface area contributed by atoms with Gasteiger partial charge in [-0.2, -0.15) is 0 Å². The predicted octanol–water partition coefficient (Wildman–Crippen LogP) is 4.63. The van der Waals surface area contributed by atoms with Crippen molar-refractivity contribution in [3.05, 3.63) is 52.5 Å². The Balaban J connectivity index is 2.23. The van der Waals surface area contributed by atoms with Crippen molar-refractivity contribution in [2.45, 2.75) is 22.8 Å². The summed E-state index contributed by atoms with van der Waals surface area (Å²) in [6.45, 7) is 1.98. The van der Waals surface area contributed by atoms with Crippen LogP contribution >= 0.6 is 27.7 Å². The largest absolute Gasteiger partial charge is 0.497 e. The number of ether oxygens (including phenoxy) is 1. The highest BCUT2D eigenvalue weighted by molar-refractivity contribution is 9.10. The summed E-state index contributed by atoms with van der Waals surface area (Å²) >= 11 is 5.30. The molecule has 2 nitrogen and oxygen atoms in total. The van der Waals surface area contributed by atoms with E-state index in [0.29, 0.717) is 0 Å². The first-order valence-electron chi connectivity index (χ1n) is 5.97. The molecule has 0 heterocycles. The molecule has 0 saturated carbocycles. The summed E-state index contributed by atoms with van der Waals surface area (Å²) in [5.74, 6) is 0.869. The van der Waals surface area contributed by atoms with Crippen LogP contribution in [0.5, 0.6) is 5.75 Å². The van der Waals surface area contributed by atoms with Gasteiger partial charge < -0.3 is 10.5 Å². The van der Waals surface area contributed by atoms with Crippen LogP contribution in [-0.4, -0.2) is 7.11 Å². The summed E-state index contributed by atoms with van der Waals surface area (Å²) in [6, 6.07) is 14.3. The Labute approximate surface area is 126 Å². The monoisotopic (exact) mass is 337 g/mol. The summed E-state index contributed by atoms with van der Waals surface area (Å²) in [7, 11) is 1.68. The molecule has 0 radical (unpaired) electrons. The summed E-state index contributed by atoms with van der Waals surface area (Å²) < 4.78 is 6.30. The van der Waals surface area contributed by atoms with E-state index in [1.54, 1.807) is 18.9 Å². The predicted molar refractivity (Wildman–Crippen MR) is 83.9 cm³/mol. The molecule has 2 N–H and O–H groups in total. The third-order valence-corrected chi connectivity index (χ3v) is 4.73. The highest BCUT2D eigenvalue weighted by Crippen LogP contribution is 2.35. The molecule has 0 fully saturated rings. The first-order chi connectivity index (χ1) is 9.10. The number of methoxy groups -OCH3 is 1. The molecular formula is C15H16BrNOS. The normalized spacial score (nSPS) is 12.2. The number of hydrogen-bond acceptors (Lipinski definition) is 3. The minimum absolute atomic E-state index is 0.0483. The van der Waals surface area contributed by atoms with Crippen LogP contribution in [0.2, 0.25) is 0 Å². The second-order valence-electron chi connectivity index (χ2n) is 4.26. The number of benzene rings is 2. The summed E-state index contributed by atoms with van der Waals surface area (Å²) in [5.41, 5.74) is 7.01. The van der Waals surface area contributed by atoms with Crippen LogP contribution in [0.15, 0.2) is 56.7 Å². The SMILES string of the molecule is COc1cccc(Sc2ccc(C(C)N)cc2Br)c1. The van der Waals surface area contributed by atoms with Gasteiger partial charge in [0.1, 0.15) is 5.75 Å². The molecule has 1 atom stereocenters. The van der Waals surface area contributed by atoms with Gasteiger partial charge in [0, 0.05) is 20.3 Å². The molecule has 2 aromatic carbocycles. The van der Waals surface area contributed by atoms with Crippen LogP contribution in [-0.2, 0) is 0 Å². The fourth-order valence-electron chi connectivity index (χ4n) is 1.67. The van der Waals surface area contributed by atoms with E-state index in [4.69, 9.17) is 10.5 Å². The van der Waals surface area contributed by atoms with Crippen molar-refractivity contribution >= 4 is 27.7 Å². The van der Waals surface area contributed by atoms with Crippen molar-refractivity contribution in [1.29, 1.82) is 0 Å². The Morgan fingerprint density at radius 3 is 2.63 bits per heavy atom. The maximum absolute atomic E-state index is 5.88. The Bertz CT molecular complexity index is 572. The molecule has 0 aliphatic rings. The lowest BCUT2D eigenvalue weighted by Crippen LogP contribution is -2.04. The Morgan fingerprint density at radius 1 is 1.21 bits per heavy atom. The minimum Gasteiger partial charge on any atom is -0.497 e. The number of nitrogens with two attached hydrogens (primary N) is 1. The lowest BCUT2D eigenvalue weighted by Gasteiger charge is -2.10.